The molecule has 0 spiro atoms. The maximum absolute atomic E-state index is 5.45. The summed E-state index contributed by atoms with van der Waals surface area (Å²) in [5, 5.41) is 6.95. The maximum Gasteiger partial charge on any atom is 0.0162 e. The van der Waals surface area contributed by atoms with Crippen molar-refractivity contribution in [1.29, 1.82) is 0 Å². The van der Waals surface area contributed by atoms with E-state index in [2.05, 4.69) is 10.6 Å². The Labute approximate surface area is 145 Å². The van der Waals surface area contributed by atoms with Crippen molar-refractivity contribution in [2.45, 2.75) is 38.5 Å². The van der Waals surface area contributed by atoms with Crippen molar-refractivity contribution < 1.29 is 0 Å². The minimum Gasteiger partial charge on any atom is -0.330 e. The van der Waals surface area contributed by atoms with Crippen LogP contribution in [0.5, 0.6) is 0 Å². The highest BCUT2D eigenvalue weighted by molar-refractivity contribution is 8.76. The van der Waals surface area contributed by atoms with Crippen LogP contribution in [0.1, 0.15) is 38.5 Å². The van der Waals surface area contributed by atoms with Crippen LogP contribution in [-0.4, -0.2) is 50.8 Å². The number of nitrogens with one attached hydrogen (secondary N) is 2. The van der Waals surface area contributed by atoms with Gasteiger partial charge in [-0.1, -0.05) is 34.4 Å². The van der Waals surface area contributed by atoms with Gasteiger partial charge in [0.1, 0.15) is 0 Å². The standard InChI is InChI=1S/C14H34N4S2.ClH/c15-7-3-1-5-9-17-11-13-19-20-14-12-18-10-6-2-4-8-16;/h17-18H,1-16H2;1H. The summed E-state index contributed by atoms with van der Waals surface area (Å²) in [5.41, 5.74) is 10.9. The molecule has 0 saturated carbocycles. The van der Waals surface area contributed by atoms with E-state index in [1.807, 2.05) is 21.6 Å². The minimum absolute atomic E-state index is 0. The summed E-state index contributed by atoms with van der Waals surface area (Å²) in [5.74, 6) is 2.39. The van der Waals surface area contributed by atoms with Gasteiger partial charge in [-0.05, 0) is 51.9 Å². The van der Waals surface area contributed by atoms with Crippen LogP contribution in [0.2, 0.25) is 0 Å². The summed E-state index contributed by atoms with van der Waals surface area (Å²) >= 11 is 0. The van der Waals surface area contributed by atoms with Crippen LogP contribution in [0, 0.1) is 0 Å². The third kappa shape index (κ3) is 23.2. The second kappa shape index (κ2) is 23.1. The Morgan fingerprint density at radius 1 is 0.571 bits per heavy atom. The van der Waals surface area contributed by atoms with Crippen molar-refractivity contribution in [3.63, 3.8) is 0 Å². The highest BCUT2D eigenvalue weighted by Crippen LogP contribution is 2.19. The van der Waals surface area contributed by atoms with Gasteiger partial charge in [0.25, 0.3) is 0 Å². The molecule has 0 aromatic carbocycles. The van der Waals surface area contributed by atoms with Crippen LogP contribution in [0.15, 0.2) is 0 Å². The Morgan fingerprint density at radius 3 is 1.38 bits per heavy atom. The highest BCUT2D eigenvalue weighted by Gasteiger charge is 1.93. The summed E-state index contributed by atoms with van der Waals surface area (Å²) < 4.78 is 0. The molecule has 0 rings (SSSR count). The van der Waals surface area contributed by atoms with E-state index in [1.54, 1.807) is 0 Å². The van der Waals surface area contributed by atoms with Crippen molar-refractivity contribution in [1.82, 2.24) is 10.6 Å². The summed E-state index contributed by atoms with van der Waals surface area (Å²) in [6.45, 7) is 6.16. The van der Waals surface area contributed by atoms with Gasteiger partial charge < -0.3 is 22.1 Å². The second-order valence-corrected chi connectivity index (χ2v) is 7.54. The lowest BCUT2D eigenvalue weighted by molar-refractivity contribution is 0.623. The Kier molecular flexibility index (Phi) is 26.5. The summed E-state index contributed by atoms with van der Waals surface area (Å²) in [6.07, 6.45) is 7.33. The zero-order valence-corrected chi connectivity index (χ0v) is 15.7. The fourth-order valence-electron chi connectivity index (χ4n) is 1.74. The van der Waals surface area contributed by atoms with Crippen molar-refractivity contribution in [2.24, 2.45) is 11.5 Å². The van der Waals surface area contributed by atoms with E-state index >= 15 is 0 Å². The Hall–Kier alpha value is 0.830. The Bertz CT molecular complexity index is 161. The molecule has 4 nitrogen and oxygen atoms in total. The van der Waals surface area contributed by atoms with Gasteiger partial charge in [0, 0.05) is 24.6 Å². The molecule has 0 saturated heterocycles. The topological polar surface area (TPSA) is 76.1 Å². The van der Waals surface area contributed by atoms with Gasteiger partial charge in [-0.25, -0.2) is 0 Å². The average Bonchev–Trinajstić information content (AvgIpc) is 2.47. The predicted molar refractivity (Wildman–Crippen MR) is 104 cm³/mol. The molecule has 0 fully saturated rings. The van der Waals surface area contributed by atoms with Crippen LogP contribution in [0.3, 0.4) is 0 Å². The quantitative estimate of drug-likeness (QED) is 0.236. The van der Waals surface area contributed by atoms with Crippen molar-refractivity contribution in [2.75, 3.05) is 50.8 Å². The molecule has 0 unspecified atom stereocenters. The van der Waals surface area contributed by atoms with Gasteiger partial charge >= 0.3 is 0 Å². The highest BCUT2D eigenvalue weighted by atomic mass is 35.5. The summed E-state index contributed by atoms with van der Waals surface area (Å²) in [6, 6.07) is 0. The third-order valence-corrected chi connectivity index (χ3v) is 5.33. The van der Waals surface area contributed by atoms with E-state index in [0.29, 0.717) is 0 Å². The first-order valence-electron chi connectivity index (χ1n) is 7.97. The van der Waals surface area contributed by atoms with E-state index < -0.39 is 0 Å². The van der Waals surface area contributed by atoms with Gasteiger partial charge in [0.2, 0.25) is 0 Å². The van der Waals surface area contributed by atoms with Crippen LogP contribution in [0.4, 0.5) is 0 Å². The molecule has 0 aromatic heterocycles. The molecule has 0 aliphatic heterocycles. The minimum atomic E-state index is 0. The summed E-state index contributed by atoms with van der Waals surface area (Å²) in [4.78, 5) is 0. The van der Waals surface area contributed by atoms with E-state index in [0.717, 1.165) is 52.1 Å². The molecule has 7 heteroatoms. The molecular weight excluding hydrogens is 324 g/mol. The van der Waals surface area contributed by atoms with E-state index in [4.69, 9.17) is 11.5 Å². The van der Waals surface area contributed by atoms with Crippen molar-refractivity contribution >= 4 is 34.0 Å². The van der Waals surface area contributed by atoms with Crippen LogP contribution < -0.4 is 22.1 Å². The SMILES string of the molecule is Cl.NCCCCCNCCSSCCNCCCCCN. The molecule has 0 atom stereocenters. The maximum atomic E-state index is 5.45. The monoisotopic (exact) mass is 358 g/mol. The molecule has 0 heterocycles. The molecule has 0 bridgehead atoms. The van der Waals surface area contributed by atoms with Crippen LogP contribution in [-0.2, 0) is 0 Å². The molecule has 0 aliphatic rings. The Balaban J connectivity index is 0. The molecular formula is C14H35ClN4S2. The smallest absolute Gasteiger partial charge is 0.0162 e. The number of unbranched alkanes of at least 4 members (excludes halogenated alkanes) is 4. The number of halogens is 1. The van der Waals surface area contributed by atoms with E-state index in [9.17, 15) is 0 Å². The molecule has 130 valence electrons. The van der Waals surface area contributed by atoms with Gasteiger partial charge in [0.15, 0.2) is 0 Å². The van der Waals surface area contributed by atoms with Crippen LogP contribution in [0.25, 0.3) is 0 Å². The molecule has 0 aromatic rings. The van der Waals surface area contributed by atoms with Gasteiger partial charge in [-0.3, -0.25) is 0 Å². The zero-order valence-electron chi connectivity index (χ0n) is 13.3. The lowest BCUT2D eigenvalue weighted by atomic mass is 10.2. The predicted octanol–water partition coefficient (Wildman–Crippen LogP) is 2.23. The van der Waals surface area contributed by atoms with E-state index in [1.165, 1.54) is 37.2 Å². The largest absolute Gasteiger partial charge is 0.330 e. The van der Waals surface area contributed by atoms with Gasteiger partial charge in [-0.2, -0.15) is 0 Å². The number of hydrogen-bond acceptors (Lipinski definition) is 6. The summed E-state index contributed by atoms with van der Waals surface area (Å²) in [7, 11) is 3.94. The lowest BCUT2D eigenvalue weighted by Gasteiger charge is -2.05. The fraction of sp³-hybridized carbons (Fsp3) is 1.00. The number of nitrogens with two attached hydrogens (primary N) is 2. The van der Waals surface area contributed by atoms with Crippen molar-refractivity contribution in [3.05, 3.63) is 0 Å². The normalized spacial score (nSPS) is 10.6. The molecule has 0 amide bonds. The van der Waals surface area contributed by atoms with Gasteiger partial charge in [0.05, 0.1) is 0 Å². The lowest BCUT2D eigenvalue weighted by Crippen LogP contribution is -2.19. The zero-order chi connectivity index (χ0) is 14.7. The Morgan fingerprint density at radius 2 is 1.00 bits per heavy atom. The van der Waals surface area contributed by atoms with Crippen molar-refractivity contribution in [3.8, 4) is 0 Å². The number of hydrogen-bond donors (Lipinski definition) is 4. The first-order valence-corrected chi connectivity index (χ1v) is 10.5. The first-order chi connectivity index (χ1) is 9.91. The third-order valence-electron chi connectivity index (χ3n) is 2.92. The molecule has 6 N–H and O–H groups in total. The fourth-order valence-corrected chi connectivity index (χ4v) is 3.64. The van der Waals surface area contributed by atoms with Crippen LogP contribution >= 0.6 is 34.0 Å². The molecule has 21 heavy (non-hydrogen) atoms. The second-order valence-electron chi connectivity index (χ2n) is 4.84. The first kappa shape index (κ1) is 24.1. The average molecular weight is 359 g/mol. The van der Waals surface area contributed by atoms with Gasteiger partial charge in [-0.15, -0.1) is 12.4 Å². The molecule has 0 aliphatic carbocycles. The molecule has 0 radical (unpaired) electrons. The number of rotatable bonds is 17. The van der Waals surface area contributed by atoms with E-state index in [-0.39, 0.29) is 12.4 Å².